The summed E-state index contributed by atoms with van der Waals surface area (Å²) in [5.41, 5.74) is 10.0. The second-order valence-electron chi connectivity index (χ2n) is 16.3. The number of carbonyl (C=O) groups excluding carboxylic acids is 3. The Bertz CT molecular complexity index is 1980. The molecule has 4 heterocycles. The molecular formula is C44H58N8O4. The minimum absolute atomic E-state index is 0.00338. The van der Waals surface area contributed by atoms with Gasteiger partial charge in [-0.3, -0.25) is 9.59 Å². The van der Waals surface area contributed by atoms with Crippen LogP contribution in [-0.2, 0) is 14.3 Å². The maximum absolute atomic E-state index is 13.8. The first-order chi connectivity index (χ1) is 27.0. The van der Waals surface area contributed by atoms with E-state index in [1.54, 1.807) is 18.0 Å². The Morgan fingerprint density at radius 1 is 0.768 bits per heavy atom. The van der Waals surface area contributed by atoms with Crippen molar-refractivity contribution in [3.8, 4) is 33.6 Å². The van der Waals surface area contributed by atoms with Crippen molar-refractivity contribution in [2.24, 2.45) is 17.6 Å². The molecule has 0 spiro atoms. The predicted molar refractivity (Wildman–Crippen MR) is 217 cm³/mol. The van der Waals surface area contributed by atoms with E-state index in [9.17, 15) is 14.4 Å². The fourth-order valence-corrected chi connectivity index (χ4v) is 9.16. The van der Waals surface area contributed by atoms with Crippen LogP contribution in [0.2, 0.25) is 0 Å². The number of aromatic amines is 2. The SMILES string of the molecule is CCN(CC)[C@H]1CC[C@@H](C(=O)N2CCC[C@H]2c2ncc(-c3ccc(-c4ccc(-c5cnc([C@@H]6CCCN6C(=O)[C@@](C)(OC(N)=O)C(C)C)[nH]5)cc4)cc3)[nH]2)CC1. The lowest BCUT2D eigenvalue weighted by atomic mass is 9.84. The molecule has 3 aliphatic rings. The van der Waals surface area contributed by atoms with Gasteiger partial charge in [-0.05, 0) is 93.6 Å². The van der Waals surface area contributed by atoms with E-state index in [2.05, 4.69) is 87.1 Å². The summed E-state index contributed by atoms with van der Waals surface area (Å²) < 4.78 is 5.37. The van der Waals surface area contributed by atoms with E-state index in [4.69, 9.17) is 15.5 Å². The highest BCUT2D eigenvalue weighted by molar-refractivity contribution is 5.88. The Morgan fingerprint density at radius 2 is 1.23 bits per heavy atom. The number of nitrogens with zero attached hydrogens (tertiary/aromatic N) is 5. The lowest BCUT2D eigenvalue weighted by Crippen LogP contribution is -2.53. The van der Waals surface area contributed by atoms with Crippen LogP contribution in [0, 0.1) is 11.8 Å². The summed E-state index contributed by atoms with van der Waals surface area (Å²) in [5.74, 6) is 1.49. The molecule has 3 amide bonds. The molecule has 12 heteroatoms. The van der Waals surface area contributed by atoms with Crippen LogP contribution < -0.4 is 5.73 Å². The van der Waals surface area contributed by atoms with Gasteiger partial charge in [0.2, 0.25) is 5.91 Å². The number of ether oxygens (including phenoxy) is 1. The number of aromatic nitrogens is 4. The van der Waals surface area contributed by atoms with Gasteiger partial charge in [-0.15, -0.1) is 0 Å². The zero-order valence-electron chi connectivity index (χ0n) is 33.6. The largest absolute Gasteiger partial charge is 0.433 e. The molecule has 2 aromatic carbocycles. The number of carbonyl (C=O) groups is 3. The summed E-state index contributed by atoms with van der Waals surface area (Å²) in [6, 6.07) is 17.2. The highest BCUT2D eigenvalue weighted by atomic mass is 16.6. The van der Waals surface area contributed by atoms with E-state index >= 15 is 0 Å². The van der Waals surface area contributed by atoms with Crippen LogP contribution in [0.1, 0.15) is 110 Å². The van der Waals surface area contributed by atoms with Crippen molar-refractivity contribution in [2.75, 3.05) is 26.2 Å². The van der Waals surface area contributed by atoms with Crippen LogP contribution in [0.25, 0.3) is 33.6 Å². The molecule has 4 aromatic rings. The number of rotatable bonds is 12. The molecule has 1 aliphatic carbocycles. The van der Waals surface area contributed by atoms with Gasteiger partial charge in [0.25, 0.3) is 5.91 Å². The molecule has 12 nitrogen and oxygen atoms in total. The third kappa shape index (κ3) is 7.85. The highest BCUT2D eigenvalue weighted by Gasteiger charge is 2.47. The third-order valence-corrected chi connectivity index (χ3v) is 12.8. The molecule has 0 unspecified atom stereocenters. The van der Waals surface area contributed by atoms with Gasteiger partial charge in [-0.1, -0.05) is 76.2 Å². The molecule has 4 N–H and O–H groups in total. The summed E-state index contributed by atoms with van der Waals surface area (Å²) in [7, 11) is 0. The van der Waals surface area contributed by atoms with Crippen molar-refractivity contribution in [1.82, 2.24) is 34.6 Å². The number of amides is 3. The van der Waals surface area contributed by atoms with Crippen LogP contribution in [0.4, 0.5) is 4.79 Å². The normalized spacial score (nSPS) is 22.5. The average Bonchev–Trinajstić information content (AvgIpc) is 4.05. The monoisotopic (exact) mass is 762 g/mol. The zero-order valence-corrected chi connectivity index (χ0v) is 33.6. The van der Waals surface area contributed by atoms with Gasteiger partial charge in [-0.2, -0.15) is 0 Å². The molecule has 3 atom stereocenters. The van der Waals surface area contributed by atoms with Crippen LogP contribution in [-0.4, -0.2) is 90.4 Å². The summed E-state index contributed by atoms with van der Waals surface area (Å²) in [6.45, 7) is 13.3. The molecule has 1 saturated carbocycles. The number of H-pyrrole nitrogens is 2. The Kier molecular flexibility index (Phi) is 11.7. The summed E-state index contributed by atoms with van der Waals surface area (Å²) in [4.78, 5) is 62.0. The van der Waals surface area contributed by atoms with Crippen molar-refractivity contribution >= 4 is 17.9 Å². The molecule has 0 radical (unpaired) electrons. The Labute approximate surface area is 330 Å². The topological polar surface area (TPSA) is 154 Å². The lowest BCUT2D eigenvalue weighted by molar-refractivity contribution is -0.155. The number of nitrogens with two attached hydrogens (primary N) is 1. The van der Waals surface area contributed by atoms with Gasteiger partial charge < -0.3 is 35.1 Å². The molecule has 56 heavy (non-hydrogen) atoms. The van der Waals surface area contributed by atoms with Crippen molar-refractivity contribution < 1.29 is 19.1 Å². The molecule has 7 rings (SSSR count). The number of nitrogens with one attached hydrogen (secondary N) is 2. The van der Waals surface area contributed by atoms with Crippen molar-refractivity contribution in [3.63, 3.8) is 0 Å². The van der Waals surface area contributed by atoms with Crippen LogP contribution in [0.15, 0.2) is 60.9 Å². The first-order valence-electron chi connectivity index (χ1n) is 20.7. The predicted octanol–water partition coefficient (Wildman–Crippen LogP) is 7.87. The maximum Gasteiger partial charge on any atom is 0.405 e. The van der Waals surface area contributed by atoms with E-state index in [0.29, 0.717) is 24.3 Å². The molecular weight excluding hydrogens is 705 g/mol. The molecule has 0 bridgehead atoms. The molecule has 298 valence electrons. The first-order valence-corrected chi connectivity index (χ1v) is 20.7. The number of imidazole rings is 2. The molecule has 3 fully saturated rings. The van der Waals surface area contributed by atoms with Gasteiger partial charge in [0, 0.05) is 31.0 Å². The highest BCUT2D eigenvalue weighted by Crippen LogP contribution is 2.38. The van der Waals surface area contributed by atoms with Gasteiger partial charge in [-0.25, -0.2) is 14.8 Å². The second-order valence-corrected chi connectivity index (χ2v) is 16.3. The number of hydrogen-bond acceptors (Lipinski definition) is 7. The van der Waals surface area contributed by atoms with E-state index in [-0.39, 0.29) is 29.8 Å². The van der Waals surface area contributed by atoms with Gasteiger partial charge in [0.1, 0.15) is 11.6 Å². The summed E-state index contributed by atoms with van der Waals surface area (Å²) in [5, 5.41) is 0. The Balaban J connectivity index is 0.978. The lowest BCUT2D eigenvalue weighted by Gasteiger charge is -2.37. The second kappa shape index (κ2) is 16.6. The van der Waals surface area contributed by atoms with Crippen molar-refractivity contribution in [2.45, 2.75) is 110 Å². The zero-order chi connectivity index (χ0) is 39.6. The van der Waals surface area contributed by atoms with Crippen LogP contribution in [0.3, 0.4) is 0 Å². The average molecular weight is 763 g/mol. The molecule has 2 saturated heterocycles. The quantitative estimate of drug-likeness (QED) is 0.133. The van der Waals surface area contributed by atoms with Crippen molar-refractivity contribution in [1.29, 1.82) is 0 Å². The van der Waals surface area contributed by atoms with E-state index in [0.717, 1.165) is 110 Å². The van der Waals surface area contributed by atoms with E-state index in [1.165, 1.54) is 0 Å². The van der Waals surface area contributed by atoms with Gasteiger partial charge >= 0.3 is 6.09 Å². The smallest absolute Gasteiger partial charge is 0.405 e. The van der Waals surface area contributed by atoms with Crippen molar-refractivity contribution in [3.05, 3.63) is 72.6 Å². The minimum Gasteiger partial charge on any atom is -0.433 e. The van der Waals surface area contributed by atoms with E-state index in [1.807, 2.05) is 20.0 Å². The number of benzene rings is 2. The summed E-state index contributed by atoms with van der Waals surface area (Å²) >= 11 is 0. The first kappa shape index (κ1) is 39.3. The molecule has 2 aliphatic heterocycles. The fourth-order valence-electron chi connectivity index (χ4n) is 9.16. The summed E-state index contributed by atoms with van der Waals surface area (Å²) in [6.07, 6.45) is 10.4. The van der Waals surface area contributed by atoms with Crippen LogP contribution >= 0.6 is 0 Å². The van der Waals surface area contributed by atoms with Gasteiger partial charge in [0.05, 0.1) is 35.9 Å². The number of likely N-dealkylation sites (tertiary alicyclic amines) is 2. The Morgan fingerprint density at radius 3 is 1.70 bits per heavy atom. The fraction of sp³-hybridized carbons (Fsp3) is 0.523. The number of primary amides is 1. The van der Waals surface area contributed by atoms with Crippen LogP contribution in [0.5, 0.6) is 0 Å². The number of hydrogen-bond donors (Lipinski definition) is 3. The van der Waals surface area contributed by atoms with E-state index < -0.39 is 11.7 Å². The van der Waals surface area contributed by atoms with Gasteiger partial charge in [0.15, 0.2) is 5.60 Å². The maximum atomic E-state index is 13.8. The standard InChI is InChI=1S/C44H58N8O4/c1-6-50(7-2)34-22-20-33(21-23-34)41(53)51-24-8-10-37(51)39-46-26-35(48-39)31-16-12-29(13-17-31)30-14-18-32(19-15-30)36-27-47-40(49-36)38-11-9-25-52(38)42(54)44(5,28(3)4)56-43(45)55/h12-19,26-28,33-34,37-38H,6-11,20-25H2,1-5H3,(H2,45,55)(H,46,48)(H,47,49)/t33-,34+,37-,38-,44-/m0/s1. The third-order valence-electron chi connectivity index (χ3n) is 12.8. The minimum atomic E-state index is -1.36. The molecule has 2 aromatic heterocycles. The Hall–Kier alpha value is -4.97.